The fraction of sp³-hybridized carbons (Fsp3) is 0. The molecule has 0 atom stereocenters. The second kappa shape index (κ2) is 4.71. The van der Waals surface area contributed by atoms with Crippen LogP contribution >= 0.6 is 0 Å². The standard InChI is InChI=1S/C14H10N4/c1-3-7-15-11(5-1)13-9-18-14(10-17-13)12-6-2-4-8-16-12/h1-10H. The molecule has 3 rings (SSSR count). The Balaban J connectivity index is 1.95. The zero-order chi connectivity index (χ0) is 12.2. The molecule has 86 valence electrons. The molecule has 4 heteroatoms. The summed E-state index contributed by atoms with van der Waals surface area (Å²) in [7, 11) is 0. The van der Waals surface area contributed by atoms with E-state index in [1.165, 1.54) is 0 Å². The predicted octanol–water partition coefficient (Wildman–Crippen LogP) is 2.60. The fourth-order valence-corrected chi connectivity index (χ4v) is 1.62. The van der Waals surface area contributed by atoms with Crippen LogP contribution in [0.2, 0.25) is 0 Å². The van der Waals surface area contributed by atoms with Crippen LogP contribution < -0.4 is 0 Å². The normalized spacial score (nSPS) is 10.2. The van der Waals surface area contributed by atoms with Crippen molar-refractivity contribution in [3.63, 3.8) is 0 Å². The minimum absolute atomic E-state index is 0.760. The van der Waals surface area contributed by atoms with Crippen molar-refractivity contribution < 1.29 is 0 Å². The van der Waals surface area contributed by atoms with Crippen LogP contribution in [0.25, 0.3) is 22.8 Å². The van der Waals surface area contributed by atoms with Gasteiger partial charge in [0, 0.05) is 12.4 Å². The van der Waals surface area contributed by atoms with E-state index < -0.39 is 0 Å². The summed E-state index contributed by atoms with van der Waals surface area (Å²) in [5, 5.41) is 0. The zero-order valence-electron chi connectivity index (χ0n) is 9.56. The Bertz CT molecular complexity index is 562. The van der Waals surface area contributed by atoms with Crippen LogP contribution in [0.1, 0.15) is 0 Å². The average Bonchev–Trinajstić information content (AvgIpc) is 2.49. The Kier molecular flexibility index (Phi) is 2.75. The highest BCUT2D eigenvalue weighted by Gasteiger charge is 2.03. The SMILES string of the molecule is c1ccc(-c2cnc(-c3ccccn3)cn2)nc1. The largest absolute Gasteiger partial charge is 0.255 e. The lowest BCUT2D eigenvalue weighted by Gasteiger charge is -2.01. The number of aromatic nitrogens is 4. The van der Waals surface area contributed by atoms with Crippen molar-refractivity contribution in [2.75, 3.05) is 0 Å². The van der Waals surface area contributed by atoms with Crippen LogP contribution in [-0.2, 0) is 0 Å². The first-order chi connectivity index (χ1) is 8.93. The number of hydrogen-bond donors (Lipinski definition) is 0. The summed E-state index contributed by atoms with van der Waals surface area (Å²) in [6.45, 7) is 0. The molecule has 0 unspecified atom stereocenters. The molecule has 3 aromatic rings. The maximum Gasteiger partial charge on any atom is 0.107 e. The van der Waals surface area contributed by atoms with E-state index in [2.05, 4.69) is 19.9 Å². The lowest BCUT2D eigenvalue weighted by Crippen LogP contribution is -1.91. The molecule has 3 heterocycles. The van der Waals surface area contributed by atoms with Crippen LogP contribution in [0, 0.1) is 0 Å². The van der Waals surface area contributed by atoms with Gasteiger partial charge in [-0.05, 0) is 24.3 Å². The van der Waals surface area contributed by atoms with Crippen LogP contribution in [0.5, 0.6) is 0 Å². The molecule has 0 aliphatic heterocycles. The summed E-state index contributed by atoms with van der Waals surface area (Å²) >= 11 is 0. The van der Waals surface area contributed by atoms with E-state index in [0.29, 0.717) is 0 Å². The van der Waals surface area contributed by atoms with Gasteiger partial charge in [0.2, 0.25) is 0 Å². The molecule has 0 N–H and O–H groups in total. The molecule has 0 aromatic carbocycles. The topological polar surface area (TPSA) is 51.6 Å². The van der Waals surface area contributed by atoms with Crippen LogP contribution in [0.3, 0.4) is 0 Å². The van der Waals surface area contributed by atoms with Gasteiger partial charge in [0.25, 0.3) is 0 Å². The lowest BCUT2D eigenvalue weighted by molar-refractivity contribution is 1.16. The summed E-state index contributed by atoms with van der Waals surface area (Å²) < 4.78 is 0. The number of pyridine rings is 2. The number of rotatable bonds is 2. The summed E-state index contributed by atoms with van der Waals surface area (Å²) in [6, 6.07) is 11.4. The summed E-state index contributed by atoms with van der Waals surface area (Å²) in [4.78, 5) is 17.2. The minimum atomic E-state index is 0.760. The molecule has 0 radical (unpaired) electrons. The molecule has 18 heavy (non-hydrogen) atoms. The van der Waals surface area contributed by atoms with Crippen molar-refractivity contribution in [3.8, 4) is 22.8 Å². The van der Waals surface area contributed by atoms with E-state index in [4.69, 9.17) is 0 Å². The van der Waals surface area contributed by atoms with E-state index >= 15 is 0 Å². The monoisotopic (exact) mass is 234 g/mol. The molecule has 0 fully saturated rings. The zero-order valence-corrected chi connectivity index (χ0v) is 9.56. The second-order valence-corrected chi connectivity index (χ2v) is 3.72. The smallest absolute Gasteiger partial charge is 0.107 e. The van der Waals surface area contributed by atoms with Crippen LogP contribution in [-0.4, -0.2) is 19.9 Å². The highest BCUT2D eigenvalue weighted by molar-refractivity contribution is 5.57. The third kappa shape index (κ3) is 2.08. The Morgan fingerprint density at radius 3 is 1.33 bits per heavy atom. The summed E-state index contributed by atoms with van der Waals surface area (Å²) in [5.74, 6) is 0. The maximum absolute atomic E-state index is 4.36. The molecule has 0 amide bonds. The average molecular weight is 234 g/mol. The molecule has 0 aliphatic carbocycles. The highest BCUT2D eigenvalue weighted by Crippen LogP contribution is 2.16. The van der Waals surface area contributed by atoms with Gasteiger partial charge in [0.1, 0.15) is 11.4 Å². The first kappa shape index (κ1) is 10.5. The van der Waals surface area contributed by atoms with Crippen molar-refractivity contribution in [2.24, 2.45) is 0 Å². The third-order valence-electron chi connectivity index (χ3n) is 2.51. The predicted molar refractivity (Wildman–Crippen MR) is 68.5 cm³/mol. The van der Waals surface area contributed by atoms with Gasteiger partial charge in [0.15, 0.2) is 0 Å². The highest BCUT2D eigenvalue weighted by atomic mass is 14.8. The first-order valence-electron chi connectivity index (χ1n) is 5.58. The van der Waals surface area contributed by atoms with Crippen molar-refractivity contribution in [2.45, 2.75) is 0 Å². The fourth-order valence-electron chi connectivity index (χ4n) is 1.62. The van der Waals surface area contributed by atoms with Gasteiger partial charge in [-0.25, -0.2) is 0 Å². The van der Waals surface area contributed by atoms with Gasteiger partial charge in [-0.2, -0.15) is 0 Å². The van der Waals surface area contributed by atoms with Crippen LogP contribution in [0.15, 0.2) is 61.2 Å². The molecule has 4 nitrogen and oxygen atoms in total. The van der Waals surface area contributed by atoms with E-state index in [1.54, 1.807) is 24.8 Å². The van der Waals surface area contributed by atoms with Gasteiger partial charge < -0.3 is 0 Å². The van der Waals surface area contributed by atoms with Gasteiger partial charge in [0.05, 0.1) is 23.8 Å². The van der Waals surface area contributed by atoms with E-state index in [0.717, 1.165) is 22.8 Å². The van der Waals surface area contributed by atoms with Crippen molar-refractivity contribution in [1.82, 2.24) is 19.9 Å². The third-order valence-corrected chi connectivity index (χ3v) is 2.51. The maximum atomic E-state index is 4.36. The summed E-state index contributed by atoms with van der Waals surface area (Å²) in [6.07, 6.45) is 6.91. The molecule has 0 spiro atoms. The van der Waals surface area contributed by atoms with Gasteiger partial charge >= 0.3 is 0 Å². The van der Waals surface area contributed by atoms with Crippen molar-refractivity contribution in [3.05, 3.63) is 61.2 Å². The van der Waals surface area contributed by atoms with E-state index in [9.17, 15) is 0 Å². The van der Waals surface area contributed by atoms with Crippen molar-refractivity contribution in [1.29, 1.82) is 0 Å². The van der Waals surface area contributed by atoms with Crippen molar-refractivity contribution >= 4 is 0 Å². The van der Waals surface area contributed by atoms with Gasteiger partial charge in [-0.1, -0.05) is 12.1 Å². The Morgan fingerprint density at radius 1 is 0.500 bits per heavy atom. The Morgan fingerprint density at radius 2 is 1.00 bits per heavy atom. The quantitative estimate of drug-likeness (QED) is 0.684. The minimum Gasteiger partial charge on any atom is -0.255 e. The molecule has 3 aromatic heterocycles. The van der Waals surface area contributed by atoms with Gasteiger partial charge in [-0.15, -0.1) is 0 Å². The number of nitrogens with zero attached hydrogens (tertiary/aromatic N) is 4. The molecular weight excluding hydrogens is 224 g/mol. The second-order valence-electron chi connectivity index (χ2n) is 3.72. The Labute approximate surface area is 104 Å². The van der Waals surface area contributed by atoms with E-state index in [-0.39, 0.29) is 0 Å². The molecule has 0 saturated carbocycles. The molecular formula is C14H10N4. The van der Waals surface area contributed by atoms with Crippen LogP contribution in [0.4, 0.5) is 0 Å². The lowest BCUT2D eigenvalue weighted by atomic mass is 10.2. The first-order valence-corrected chi connectivity index (χ1v) is 5.58. The molecule has 0 aliphatic rings. The van der Waals surface area contributed by atoms with E-state index in [1.807, 2.05) is 36.4 Å². The Hall–Kier alpha value is -2.62. The number of hydrogen-bond acceptors (Lipinski definition) is 4. The molecule has 0 bridgehead atoms. The molecule has 0 saturated heterocycles. The summed E-state index contributed by atoms with van der Waals surface area (Å²) in [5.41, 5.74) is 3.15. The van der Waals surface area contributed by atoms with Gasteiger partial charge in [-0.3, -0.25) is 19.9 Å².